The van der Waals surface area contributed by atoms with Crippen molar-refractivity contribution >= 4 is 5.91 Å². The average Bonchev–Trinajstić information content (AvgIpc) is 3.38. The van der Waals surface area contributed by atoms with Crippen molar-refractivity contribution in [1.29, 1.82) is 0 Å². The summed E-state index contributed by atoms with van der Waals surface area (Å²) in [6.45, 7) is 3.89. The lowest BCUT2D eigenvalue weighted by Crippen LogP contribution is -2.29. The smallest absolute Gasteiger partial charge is 0.231 e. The number of carbonyl (C=O) groups is 1. The van der Waals surface area contributed by atoms with Crippen molar-refractivity contribution in [3.05, 3.63) is 77.4 Å². The highest BCUT2D eigenvalue weighted by molar-refractivity contribution is 5.79. The van der Waals surface area contributed by atoms with E-state index in [9.17, 15) is 4.79 Å². The first-order chi connectivity index (χ1) is 14.2. The van der Waals surface area contributed by atoms with Crippen LogP contribution in [0, 0.1) is 6.92 Å². The SMILES string of the molecule is Cc1cccc(OCCc2noc(C3CCN(C(=O)Cc4ccccc4)C3)n2)c1. The quantitative estimate of drug-likeness (QED) is 0.616. The normalized spacial score (nSPS) is 16.2. The van der Waals surface area contributed by atoms with Crippen LogP contribution in [0.15, 0.2) is 59.1 Å². The Kier molecular flexibility index (Phi) is 5.89. The molecule has 1 aliphatic rings. The van der Waals surface area contributed by atoms with Crippen molar-refractivity contribution in [2.45, 2.75) is 32.1 Å². The van der Waals surface area contributed by atoms with Gasteiger partial charge in [0, 0.05) is 19.5 Å². The maximum Gasteiger partial charge on any atom is 0.231 e. The minimum atomic E-state index is 0.105. The molecule has 0 bridgehead atoms. The molecule has 1 atom stereocenters. The van der Waals surface area contributed by atoms with Gasteiger partial charge in [0.05, 0.1) is 18.9 Å². The number of benzene rings is 2. The Morgan fingerprint density at radius 1 is 1.21 bits per heavy atom. The number of likely N-dealkylation sites (tertiary alicyclic amines) is 1. The summed E-state index contributed by atoms with van der Waals surface area (Å²) in [5.74, 6) is 2.35. The number of hydrogen-bond donors (Lipinski definition) is 0. The molecule has 29 heavy (non-hydrogen) atoms. The first-order valence-corrected chi connectivity index (χ1v) is 10.0. The summed E-state index contributed by atoms with van der Waals surface area (Å²) in [5, 5.41) is 4.08. The molecule has 150 valence electrons. The Bertz CT molecular complexity index is 955. The molecule has 0 spiro atoms. The summed E-state index contributed by atoms with van der Waals surface area (Å²) in [7, 11) is 0. The van der Waals surface area contributed by atoms with Crippen molar-refractivity contribution in [3.63, 3.8) is 0 Å². The molecule has 6 nitrogen and oxygen atoms in total. The van der Waals surface area contributed by atoms with Crippen LogP contribution in [0.1, 0.15) is 35.2 Å². The zero-order chi connectivity index (χ0) is 20.1. The van der Waals surface area contributed by atoms with E-state index in [0.717, 1.165) is 29.8 Å². The summed E-state index contributed by atoms with van der Waals surface area (Å²) in [4.78, 5) is 19.0. The molecule has 2 heterocycles. The number of ether oxygens (including phenoxy) is 1. The highest BCUT2D eigenvalue weighted by Gasteiger charge is 2.30. The van der Waals surface area contributed by atoms with E-state index in [-0.39, 0.29) is 11.8 Å². The second-order valence-electron chi connectivity index (χ2n) is 7.45. The highest BCUT2D eigenvalue weighted by atomic mass is 16.5. The van der Waals surface area contributed by atoms with Crippen molar-refractivity contribution in [1.82, 2.24) is 15.0 Å². The molecule has 2 aromatic carbocycles. The van der Waals surface area contributed by atoms with E-state index in [1.165, 1.54) is 0 Å². The van der Waals surface area contributed by atoms with Crippen LogP contribution in [0.25, 0.3) is 0 Å². The Balaban J connectivity index is 1.27. The summed E-state index contributed by atoms with van der Waals surface area (Å²) in [5.41, 5.74) is 2.20. The summed E-state index contributed by atoms with van der Waals surface area (Å²) in [6, 6.07) is 17.8. The number of hydrogen-bond acceptors (Lipinski definition) is 5. The zero-order valence-electron chi connectivity index (χ0n) is 16.6. The third-order valence-electron chi connectivity index (χ3n) is 5.16. The second kappa shape index (κ2) is 8.90. The maximum absolute atomic E-state index is 12.5. The van der Waals surface area contributed by atoms with Crippen molar-refractivity contribution in [3.8, 4) is 5.75 Å². The minimum Gasteiger partial charge on any atom is -0.493 e. The third kappa shape index (κ3) is 5.02. The summed E-state index contributed by atoms with van der Waals surface area (Å²) >= 11 is 0. The van der Waals surface area contributed by atoms with E-state index in [2.05, 4.69) is 10.1 Å². The molecule has 0 saturated carbocycles. The van der Waals surface area contributed by atoms with Gasteiger partial charge in [0.2, 0.25) is 11.8 Å². The third-order valence-corrected chi connectivity index (χ3v) is 5.16. The van der Waals surface area contributed by atoms with Crippen LogP contribution >= 0.6 is 0 Å². The fourth-order valence-corrected chi connectivity index (χ4v) is 3.57. The molecule has 1 unspecified atom stereocenters. The number of amides is 1. The lowest BCUT2D eigenvalue weighted by molar-refractivity contribution is -0.129. The molecule has 1 amide bonds. The summed E-state index contributed by atoms with van der Waals surface area (Å²) < 4.78 is 11.2. The van der Waals surface area contributed by atoms with Crippen LogP contribution < -0.4 is 4.74 Å². The lowest BCUT2D eigenvalue weighted by atomic mass is 10.1. The van der Waals surface area contributed by atoms with Gasteiger partial charge >= 0.3 is 0 Å². The van der Waals surface area contributed by atoms with Gasteiger partial charge in [-0.15, -0.1) is 0 Å². The Labute approximate surface area is 170 Å². The van der Waals surface area contributed by atoms with Gasteiger partial charge in [-0.05, 0) is 36.6 Å². The molecule has 1 fully saturated rings. The molecule has 1 saturated heterocycles. The van der Waals surface area contributed by atoms with Gasteiger partial charge in [0.1, 0.15) is 5.75 Å². The predicted octanol–water partition coefficient (Wildman–Crippen LogP) is 3.56. The van der Waals surface area contributed by atoms with Crippen LogP contribution in [0.4, 0.5) is 0 Å². The summed E-state index contributed by atoms with van der Waals surface area (Å²) in [6.07, 6.45) is 1.86. The number of aromatic nitrogens is 2. The van der Waals surface area contributed by atoms with Gasteiger partial charge < -0.3 is 14.2 Å². The van der Waals surface area contributed by atoms with E-state index in [1.54, 1.807) is 0 Å². The molecule has 3 aromatic rings. The van der Waals surface area contributed by atoms with E-state index >= 15 is 0 Å². The molecule has 4 rings (SSSR count). The fraction of sp³-hybridized carbons (Fsp3) is 0.348. The van der Waals surface area contributed by atoms with Crippen molar-refractivity contribution < 1.29 is 14.1 Å². The number of rotatable bonds is 7. The number of carbonyl (C=O) groups excluding carboxylic acids is 1. The van der Waals surface area contributed by atoms with E-state index in [4.69, 9.17) is 9.26 Å². The standard InChI is InChI=1S/C23H25N3O3/c1-17-6-5-9-20(14-17)28-13-11-21-24-23(29-25-21)19-10-12-26(16-19)22(27)15-18-7-3-2-4-8-18/h2-9,14,19H,10-13,15-16H2,1H3. The molecule has 1 aliphatic heterocycles. The Hall–Kier alpha value is -3.15. The van der Waals surface area contributed by atoms with Gasteiger partial charge in [0.15, 0.2) is 5.82 Å². The van der Waals surface area contributed by atoms with Crippen molar-refractivity contribution in [2.24, 2.45) is 0 Å². The van der Waals surface area contributed by atoms with Crippen LogP contribution in [0.2, 0.25) is 0 Å². The second-order valence-corrected chi connectivity index (χ2v) is 7.45. The predicted molar refractivity (Wildman–Crippen MR) is 109 cm³/mol. The monoisotopic (exact) mass is 391 g/mol. The van der Waals surface area contributed by atoms with Crippen LogP contribution in [0.5, 0.6) is 5.75 Å². The average molecular weight is 391 g/mol. The van der Waals surface area contributed by atoms with Gasteiger partial charge in [-0.3, -0.25) is 4.79 Å². The van der Waals surface area contributed by atoms with Crippen molar-refractivity contribution in [2.75, 3.05) is 19.7 Å². The van der Waals surface area contributed by atoms with Crippen LogP contribution in [0.3, 0.4) is 0 Å². The van der Waals surface area contributed by atoms with Gasteiger partial charge in [0.25, 0.3) is 0 Å². The topological polar surface area (TPSA) is 68.5 Å². The molecule has 6 heteroatoms. The van der Waals surface area contributed by atoms with Gasteiger partial charge in [-0.1, -0.05) is 47.6 Å². The minimum absolute atomic E-state index is 0.105. The number of aryl methyl sites for hydroxylation is 1. The van der Waals surface area contributed by atoms with E-state index < -0.39 is 0 Å². The van der Waals surface area contributed by atoms with Gasteiger partial charge in [-0.25, -0.2) is 0 Å². The van der Waals surface area contributed by atoms with E-state index in [0.29, 0.717) is 37.7 Å². The van der Waals surface area contributed by atoms with Gasteiger partial charge in [-0.2, -0.15) is 4.98 Å². The van der Waals surface area contributed by atoms with Crippen LogP contribution in [-0.4, -0.2) is 40.6 Å². The molecule has 0 radical (unpaired) electrons. The molecule has 0 aliphatic carbocycles. The Morgan fingerprint density at radius 3 is 2.90 bits per heavy atom. The highest BCUT2D eigenvalue weighted by Crippen LogP contribution is 2.26. The largest absolute Gasteiger partial charge is 0.493 e. The Morgan fingerprint density at radius 2 is 2.07 bits per heavy atom. The zero-order valence-corrected chi connectivity index (χ0v) is 16.6. The molecule has 0 N–H and O–H groups in total. The molecule has 1 aromatic heterocycles. The first-order valence-electron chi connectivity index (χ1n) is 10.0. The maximum atomic E-state index is 12.5. The number of nitrogens with zero attached hydrogens (tertiary/aromatic N) is 3. The van der Waals surface area contributed by atoms with E-state index in [1.807, 2.05) is 66.4 Å². The fourth-order valence-electron chi connectivity index (χ4n) is 3.57. The van der Waals surface area contributed by atoms with Crippen LogP contribution in [-0.2, 0) is 17.6 Å². The molecular weight excluding hydrogens is 366 g/mol. The first kappa shape index (κ1) is 19.2. The molecular formula is C23H25N3O3. The lowest BCUT2D eigenvalue weighted by Gasteiger charge is -2.15.